The number of hydrogen-bond acceptors (Lipinski definition) is 3. The highest BCUT2D eigenvalue weighted by molar-refractivity contribution is 5.76. The lowest BCUT2D eigenvalue weighted by atomic mass is 10.0. The molecule has 1 aromatic heterocycles. The molecule has 1 aromatic carbocycles. The Morgan fingerprint density at radius 1 is 1.31 bits per heavy atom. The molecule has 2 aromatic rings. The second-order valence-electron chi connectivity index (χ2n) is 6.99. The average molecular weight is 355 g/mol. The van der Waals surface area contributed by atoms with Gasteiger partial charge in [0.1, 0.15) is 5.82 Å². The molecule has 1 unspecified atom stereocenters. The van der Waals surface area contributed by atoms with Crippen LogP contribution in [0, 0.1) is 5.82 Å². The first-order valence-corrected chi connectivity index (χ1v) is 9.24. The highest BCUT2D eigenvalue weighted by Crippen LogP contribution is 2.19. The van der Waals surface area contributed by atoms with Crippen LogP contribution in [0.1, 0.15) is 30.4 Å². The number of piperidine rings is 1. The summed E-state index contributed by atoms with van der Waals surface area (Å²) in [6, 6.07) is 11.0. The zero-order chi connectivity index (χ0) is 18.4. The molecule has 0 aliphatic carbocycles. The Labute approximate surface area is 154 Å². The van der Waals surface area contributed by atoms with E-state index in [4.69, 9.17) is 0 Å². The van der Waals surface area contributed by atoms with Gasteiger partial charge in [0, 0.05) is 50.6 Å². The second-order valence-corrected chi connectivity index (χ2v) is 6.99. The van der Waals surface area contributed by atoms with E-state index in [1.807, 2.05) is 42.4 Å². The summed E-state index contributed by atoms with van der Waals surface area (Å²) in [5.41, 5.74) is 1.80. The number of halogens is 1. The minimum atomic E-state index is -0.157. The van der Waals surface area contributed by atoms with E-state index in [-0.39, 0.29) is 17.8 Å². The molecule has 1 aliphatic rings. The Morgan fingerprint density at radius 2 is 2.15 bits per heavy atom. The van der Waals surface area contributed by atoms with E-state index < -0.39 is 0 Å². The number of amides is 1. The van der Waals surface area contributed by atoms with Crippen LogP contribution in [0.2, 0.25) is 0 Å². The van der Waals surface area contributed by atoms with Gasteiger partial charge in [-0.3, -0.25) is 14.7 Å². The van der Waals surface area contributed by atoms with Crippen molar-refractivity contribution in [1.29, 1.82) is 0 Å². The lowest BCUT2D eigenvalue weighted by molar-refractivity contribution is -0.133. The van der Waals surface area contributed by atoms with Gasteiger partial charge in [-0.2, -0.15) is 0 Å². The summed E-state index contributed by atoms with van der Waals surface area (Å²) in [4.78, 5) is 20.8. The summed E-state index contributed by atoms with van der Waals surface area (Å²) in [7, 11) is 1.89. The third-order valence-corrected chi connectivity index (χ3v) is 5.12. The maximum atomic E-state index is 13.9. The third kappa shape index (κ3) is 4.88. The summed E-state index contributed by atoms with van der Waals surface area (Å²) in [5.74, 6) is 0.00196. The van der Waals surface area contributed by atoms with Crippen LogP contribution in [-0.4, -0.2) is 46.9 Å². The fourth-order valence-electron chi connectivity index (χ4n) is 3.54. The number of likely N-dealkylation sites (N-methyl/N-ethyl adjacent to an activating group) is 1. The van der Waals surface area contributed by atoms with E-state index in [0.29, 0.717) is 19.4 Å². The maximum Gasteiger partial charge on any atom is 0.222 e. The van der Waals surface area contributed by atoms with Crippen LogP contribution in [0.25, 0.3) is 0 Å². The Balaban J connectivity index is 1.53. The minimum absolute atomic E-state index is 0.157. The number of rotatable bonds is 6. The molecule has 1 amide bonds. The van der Waals surface area contributed by atoms with Crippen LogP contribution in [0.4, 0.5) is 4.39 Å². The Hall–Kier alpha value is -2.27. The number of hydrogen-bond donors (Lipinski definition) is 0. The van der Waals surface area contributed by atoms with Gasteiger partial charge < -0.3 is 4.90 Å². The third-order valence-electron chi connectivity index (χ3n) is 5.12. The lowest BCUT2D eigenvalue weighted by Crippen LogP contribution is -2.48. The Morgan fingerprint density at radius 3 is 2.92 bits per heavy atom. The molecular formula is C21H26FN3O. The molecule has 2 heterocycles. The van der Waals surface area contributed by atoms with Crippen molar-refractivity contribution in [2.24, 2.45) is 0 Å². The topological polar surface area (TPSA) is 36.4 Å². The Kier molecular flexibility index (Phi) is 6.34. The van der Waals surface area contributed by atoms with Crippen LogP contribution in [0.3, 0.4) is 0 Å². The fourth-order valence-corrected chi connectivity index (χ4v) is 3.54. The van der Waals surface area contributed by atoms with Crippen LogP contribution in [-0.2, 0) is 17.8 Å². The molecule has 0 N–H and O–H groups in total. The molecule has 1 aliphatic heterocycles. The van der Waals surface area contributed by atoms with E-state index in [1.54, 1.807) is 12.3 Å². The fraction of sp³-hybridized carbons (Fsp3) is 0.429. The number of nitrogens with zero attached hydrogens (tertiary/aromatic N) is 3. The van der Waals surface area contributed by atoms with E-state index >= 15 is 0 Å². The summed E-state index contributed by atoms with van der Waals surface area (Å²) in [5, 5.41) is 0. The van der Waals surface area contributed by atoms with Crippen molar-refractivity contribution in [2.45, 2.75) is 38.3 Å². The predicted molar refractivity (Wildman–Crippen MR) is 100 cm³/mol. The number of benzene rings is 1. The Bertz CT molecular complexity index is 722. The molecule has 1 saturated heterocycles. The van der Waals surface area contributed by atoms with Crippen molar-refractivity contribution in [1.82, 2.24) is 14.8 Å². The van der Waals surface area contributed by atoms with Gasteiger partial charge in [-0.25, -0.2) is 4.39 Å². The van der Waals surface area contributed by atoms with E-state index in [0.717, 1.165) is 37.1 Å². The van der Waals surface area contributed by atoms with Crippen molar-refractivity contribution >= 4 is 5.91 Å². The van der Waals surface area contributed by atoms with Gasteiger partial charge in [0.05, 0.1) is 0 Å². The van der Waals surface area contributed by atoms with Gasteiger partial charge in [-0.1, -0.05) is 24.3 Å². The van der Waals surface area contributed by atoms with Crippen molar-refractivity contribution in [3.05, 3.63) is 65.7 Å². The highest BCUT2D eigenvalue weighted by atomic mass is 19.1. The normalized spacial score (nSPS) is 17.8. The molecule has 0 bridgehead atoms. The quantitative estimate of drug-likeness (QED) is 0.798. The lowest BCUT2D eigenvalue weighted by Gasteiger charge is -2.37. The van der Waals surface area contributed by atoms with E-state index in [9.17, 15) is 9.18 Å². The van der Waals surface area contributed by atoms with Crippen LogP contribution < -0.4 is 0 Å². The molecule has 0 spiro atoms. The summed E-state index contributed by atoms with van der Waals surface area (Å²) >= 11 is 0. The summed E-state index contributed by atoms with van der Waals surface area (Å²) in [6.45, 7) is 2.34. The van der Waals surface area contributed by atoms with Crippen molar-refractivity contribution < 1.29 is 9.18 Å². The second kappa shape index (κ2) is 8.90. The molecule has 1 atom stereocenters. The van der Waals surface area contributed by atoms with Crippen molar-refractivity contribution in [3.8, 4) is 0 Å². The molecule has 138 valence electrons. The number of aryl methyl sites for hydroxylation is 1. The van der Waals surface area contributed by atoms with Crippen LogP contribution in [0.5, 0.6) is 0 Å². The minimum Gasteiger partial charge on any atom is -0.341 e. The SMILES string of the molecule is CN(C(=O)CCc1cccnc1)C1CCCN(Cc2ccccc2F)C1. The van der Waals surface area contributed by atoms with Crippen molar-refractivity contribution in [3.63, 3.8) is 0 Å². The first-order valence-electron chi connectivity index (χ1n) is 9.24. The first kappa shape index (κ1) is 18.5. The van der Waals surface area contributed by atoms with Gasteiger partial charge in [-0.15, -0.1) is 0 Å². The monoisotopic (exact) mass is 355 g/mol. The number of aromatic nitrogens is 1. The number of carbonyl (C=O) groups excluding carboxylic acids is 1. The summed E-state index contributed by atoms with van der Waals surface area (Å²) < 4.78 is 13.9. The standard InChI is InChI=1S/C21H26FN3O/c1-24(21(26)11-10-17-6-4-12-23-14-17)19-8-5-13-25(16-19)15-18-7-2-3-9-20(18)22/h2-4,6-7,9,12,14,19H,5,8,10-11,13,15-16H2,1H3. The largest absolute Gasteiger partial charge is 0.341 e. The molecule has 0 saturated carbocycles. The number of pyridine rings is 1. The number of likely N-dealkylation sites (tertiary alicyclic amines) is 1. The van der Waals surface area contributed by atoms with E-state index in [2.05, 4.69) is 9.88 Å². The molecule has 4 nitrogen and oxygen atoms in total. The smallest absolute Gasteiger partial charge is 0.222 e. The van der Waals surface area contributed by atoms with E-state index in [1.165, 1.54) is 6.07 Å². The maximum absolute atomic E-state index is 13.9. The van der Waals surface area contributed by atoms with Gasteiger partial charge in [0.25, 0.3) is 0 Å². The molecule has 26 heavy (non-hydrogen) atoms. The molecule has 0 radical (unpaired) electrons. The highest BCUT2D eigenvalue weighted by Gasteiger charge is 2.26. The number of carbonyl (C=O) groups is 1. The van der Waals surface area contributed by atoms with Crippen LogP contribution in [0.15, 0.2) is 48.8 Å². The molecular weight excluding hydrogens is 329 g/mol. The van der Waals surface area contributed by atoms with Gasteiger partial charge in [-0.05, 0) is 43.5 Å². The molecule has 1 fully saturated rings. The average Bonchev–Trinajstić information content (AvgIpc) is 2.68. The first-order chi connectivity index (χ1) is 12.6. The van der Waals surface area contributed by atoms with Gasteiger partial charge >= 0.3 is 0 Å². The predicted octanol–water partition coefficient (Wildman–Crippen LogP) is 3.28. The van der Waals surface area contributed by atoms with Gasteiger partial charge in [0.2, 0.25) is 5.91 Å². The van der Waals surface area contributed by atoms with Crippen molar-refractivity contribution in [2.75, 3.05) is 20.1 Å². The van der Waals surface area contributed by atoms with Crippen LogP contribution >= 0.6 is 0 Å². The molecule has 3 rings (SSSR count). The summed E-state index contributed by atoms with van der Waals surface area (Å²) in [6.07, 6.45) is 6.78. The molecule has 5 heteroatoms. The zero-order valence-corrected chi connectivity index (χ0v) is 15.3. The zero-order valence-electron chi connectivity index (χ0n) is 15.3. The van der Waals surface area contributed by atoms with Gasteiger partial charge in [0.15, 0.2) is 0 Å².